The fraction of sp³-hybridized carbons (Fsp3) is 0.235. The molecule has 0 aliphatic carbocycles. The lowest BCUT2D eigenvalue weighted by molar-refractivity contribution is 0.620. The number of halogens is 2. The van der Waals surface area contributed by atoms with E-state index in [0.29, 0.717) is 11.4 Å². The van der Waals surface area contributed by atoms with Crippen molar-refractivity contribution in [2.45, 2.75) is 25.8 Å². The highest BCUT2D eigenvalue weighted by atomic mass is 35.5. The second kappa shape index (κ2) is 5.49. The largest absolute Gasteiger partial charge is 0.321 e. The maximum absolute atomic E-state index is 13.4. The second-order valence-corrected chi connectivity index (χ2v) is 5.63. The second-order valence-electron chi connectivity index (χ2n) is 5.37. The van der Waals surface area contributed by atoms with Crippen LogP contribution in [0.2, 0.25) is 0 Å². The van der Waals surface area contributed by atoms with Gasteiger partial charge in [-0.05, 0) is 37.6 Å². The van der Waals surface area contributed by atoms with E-state index in [1.807, 2.05) is 24.3 Å². The number of fused-ring (bicyclic) bond motifs is 1. The summed E-state index contributed by atoms with van der Waals surface area (Å²) >= 11 is 5.91. The molecule has 0 N–H and O–H groups in total. The molecule has 0 saturated carbocycles. The third kappa shape index (κ3) is 2.54. The van der Waals surface area contributed by atoms with E-state index in [1.165, 1.54) is 12.1 Å². The van der Waals surface area contributed by atoms with E-state index in [0.717, 1.165) is 22.5 Å². The van der Waals surface area contributed by atoms with Gasteiger partial charge in [-0.2, -0.15) is 0 Å². The Kier molecular flexibility index (Phi) is 3.68. The highest BCUT2D eigenvalue weighted by molar-refractivity contribution is 6.17. The number of hydrogen-bond donors (Lipinski definition) is 0. The van der Waals surface area contributed by atoms with Gasteiger partial charge < -0.3 is 4.57 Å². The maximum atomic E-state index is 13.4. The van der Waals surface area contributed by atoms with E-state index in [-0.39, 0.29) is 11.9 Å². The normalized spacial score (nSPS) is 11.5. The first kappa shape index (κ1) is 14.1. The molecule has 0 aliphatic heterocycles. The zero-order valence-electron chi connectivity index (χ0n) is 12.0. The zero-order valence-corrected chi connectivity index (χ0v) is 12.7. The fourth-order valence-corrected chi connectivity index (χ4v) is 2.76. The molecule has 0 aliphatic rings. The topological polar surface area (TPSA) is 17.8 Å². The molecule has 21 heavy (non-hydrogen) atoms. The van der Waals surface area contributed by atoms with E-state index in [2.05, 4.69) is 23.4 Å². The van der Waals surface area contributed by atoms with Gasteiger partial charge in [0, 0.05) is 23.6 Å². The molecule has 3 rings (SSSR count). The van der Waals surface area contributed by atoms with Crippen molar-refractivity contribution in [2.75, 3.05) is 0 Å². The molecule has 0 fully saturated rings. The highest BCUT2D eigenvalue weighted by Gasteiger charge is 2.15. The summed E-state index contributed by atoms with van der Waals surface area (Å²) in [7, 11) is 0. The summed E-state index contributed by atoms with van der Waals surface area (Å²) in [5.41, 5.74) is 3.66. The lowest BCUT2D eigenvalue weighted by Crippen LogP contribution is -2.03. The van der Waals surface area contributed by atoms with E-state index in [9.17, 15) is 4.39 Å². The van der Waals surface area contributed by atoms with Crippen molar-refractivity contribution in [3.8, 4) is 11.4 Å². The van der Waals surface area contributed by atoms with Gasteiger partial charge in [0.25, 0.3) is 0 Å². The number of imidazole rings is 1. The van der Waals surface area contributed by atoms with Crippen LogP contribution in [0.1, 0.15) is 25.5 Å². The third-order valence-electron chi connectivity index (χ3n) is 3.51. The van der Waals surface area contributed by atoms with Crippen LogP contribution in [0, 0.1) is 5.82 Å². The van der Waals surface area contributed by atoms with Crippen molar-refractivity contribution in [2.24, 2.45) is 0 Å². The van der Waals surface area contributed by atoms with E-state index >= 15 is 0 Å². The van der Waals surface area contributed by atoms with Crippen molar-refractivity contribution in [1.82, 2.24) is 9.55 Å². The Hall–Kier alpha value is -1.87. The van der Waals surface area contributed by atoms with Crippen molar-refractivity contribution in [3.05, 3.63) is 53.8 Å². The molecular formula is C17H16ClFN2. The van der Waals surface area contributed by atoms with Crippen LogP contribution in [0.3, 0.4) is 0 Å². The number of hydrogen-bond acceptors (Lipinski definition) is 1. The summed E-state index contributed by atoms with van der Waals surface area (Å²) in [6.45, 7) is 4.19. The molecule has 0 spiro atoms. The molecule has 0 unspecified atom stereocenters. The Labute approximate surface area is 128 Å². The molecule has 0 atom stereocenters. The molecule has 1 heterocycles. The molecular weight excluding hydrogens is 287 g/mol. The van der Waals surface area contributed by atoms with Crippen LogP contribution in [0.15, 0.2) is 42.5 Å². The minimum atomic E-state index is -0.267. The van der Waals surface area contributed by atoms with E-state index < -0.39 is 0 Å². The first-order valence-corrected chi connectivity index (χ1v) is 7.46. The van der Waals surface area contributed by atoms with Crippen LogP contribution in [0.4, 0.5) is 4.39 Å². The summed E-state index contributed by atoms with van der Waals surface area (Å²) in [6.07, 6.45) is 0. The number of aromatic nitrogens is 2. The minimum Gasteiger partial charge on any atom is -0.321 e. The first-order valence-electron chi connectivity index (χ1n) is 6.93. The van der Waals surface area contributed by atoms with Gasteiger partial charge in [0.2, 0.25) is 0 Å². The Bertz CT molecular complexity index is 793. The molecule has 0 amide bonds. The van der Waals surface area contributed by atoms with Crippen molar-refractivity contribution < 1.29 is 4.39 Å². The van der Waals surface area contributed by atoms with Crippen molar-refractivity contribution in [1.29, 1.82) is 0 Å². The van der Waals surface area contributed by atoms with Crippen molar-refractivity contribution in [3.63, 3.8) is 0 Å². The lowest BCUT2D eigenvalue weighted by Gasteiger charge is -2.13. The molecule has 2 nitrogen and oxygen atoms in total. The molecule has 3 aromatic rings. The Morgan fingerprint density at radius 2 is 2.00 bits per heavy atom. The van der Waals surface area contributed by atoms with Gasteiger partial charge in [0.15, 0.2) is 0 Å². The number of nitrogens with zero attached hydrogens (tertiary/aromatic N) is 2. The number of rotatable bonds is 3. The van der Waals surface area contributed by atoms with Crippen molar-refractivity contribution >= 4 is 22.6 Å². The number of benzene rings is 2. The lowest BCUT2D eigenvalue weighted by atomic mass is 10.1. The predicted molar refractivity (Wildman–Crippen MR) is 85.1 cm³/mol. The average molecular weight is 303 g/mol. The maximum Gasteiger partial charge on any atom is 0.141 e. The molecule has 1 aromatic heterocycles. The zero-order chi connectivity index (χ0) is 15.0. The fourth-order valence-electron chi connectivity index (χ4n) is 2.59. The predicted octanol–water partition coefficient (Wildman–Crippen LogP) is 5.16. The van der Waals surface area contributed by atoms with Crippen LogP contribution in [0.5, 0.6) is 0 Å². The third-order valence-corrected chi connectivity index (χ3v) is 3.82. The SMILES string of the molecule is CC(C)n1c(-c2cccc(CCl)c2)nc2cc(F)ccc21. The molecule has 0 saturated heterocycles. The molecule has 2 aromatic carbocycles. The van der Waals surface area contributed by atoms with Crippen LogP contribution in [0.25, 0.3) is 22.4 Å². The summed E-state index contributed by atoms with van der Waals surface area (Å²) in [5, 5.41) is 0. The molecule has 0 bridgehead atoms. The Morgan fingerprint density at radius 3 is 2.71 bits per heavy atom. The van der Waals surface area contributed by atoms with Crippen LogP contribution >= 0.6 is 11.6 Å². The number of alkyl halides is 1. The van der Waals surface area contributed by atoms with Crippen LogP contribution in [-0.4, -0.2) is 9.55 Å². The summed E-state index contributed by atoms with van der Waals surface area (Å²) < 4.78 is 15.6. The summed E-state index contributed by atoms with van der Waals surface area (Å²) in [4.78, 5) is 4.62. The van der Waals surface area contributed by atoms with Gasteiger partial charge in [0.05, 0.1) is 11.0 Å². The van der Waals surface area contributed by atoms with Gasteiger partial charge in [-0.3, -0.25) is 0 Å². The van der Waals surface area contributed by atoms with Gasteiger partial charge in [-0.15, -0.1) is 11.6 Å². The highest BCUT2D eigenvalue weighted by Crippen LogP contribution is 2.29. The molecule has 108 valence electrons. The van der Waals surface area contributed by atoms with Gasteiger partial charge >= 0.3 is 0 Å². The Balaban J connectivity index is 2.27. The van der Waals surface area contributed by atoms with Gasteiger partial charge in [0.1, 0.15) is 11.6 Å². The van der Waals surface area contributed by atoms with E-state index in [1.54, 1.807) is 6.07 Å². The minimum absolute atomic E-state index is 0.232. The molecule has 4 heteroatoms. The van der Waals surface area contributed by atoms with Gasteiger partial charge in [-0.1, -0.05) is 18.2 Å². The smallest absolute Gasteiger partial charge is 0.141 e. The van der Waals surface area contributed by atoms with Crippen LogP contribution < -0.4 is 0 Å². The quantitative estimate of drug-likeness (QED) is 0.611. The summed E-state index contributed by atoms with van der Waals surface area (Å²) in [5.74, 6) is 1.04. The monoisotopic (exact) mass is 302 g/mol. The standard InChI is InChI=1S/C17H16ClFN2/c1-11(2)21-16-7-6-14(19)9-15(16)20-17(21)13-5-3-4-12(8-13)10-18/h3-9,11H,10H2,1-2H3. The average Bonchev–Trinajstić information content (AvgIpc) is 2.85. The van der Waals surface area contributed by atoms with E-state index in [4.69, 9.17) is 11.6 Å². The van der Waals surface area contributed by atoms with Gasteiger partial charge in [-0.25, -0.2) is 9.37 Å². The van der Waals surface area contributed by atoms with Crippen LogP contribution in [-0.2, 0) is 5.88 Å². The summed E-state index contributed by atoms with van der Waals surface area (Å²) in [6, 6.07) is 13.0. The molecule has 0 radical (unpaired) electrons. The Morgan fingerprint density at radius 1 is 1.19 bits per heavy atom. The first-order chi connectivity index (χ1) is 10.1.